The van der Waals surface area contributed by atoms with Crippen molar-refractivity contribution in [3.8, 4) is 0 Å². The first-order valence-corrected chi connectivity index (χ1v) is 12.1. The molecule has 1 aromatic rings. The van der Waals surface area contributed by atoms with Crippen molar-refractivity contribution in [3.05, 3.63) is 34.9 Å². The first-order valence-electron chi connectivity index (χ1n) is 11.7. The zero-order valence-corrected chi connectivity index (χ0v) is 20.6. The molecule has 0 aliphatic heterocycles. The molecule has 0 saturated heterocycles. The van der Waals surface area contributed by atoms with Gasteiger partial charge in [0.1, 0.15) is 5.60 Å². The smallest absolute Gasteiger partial charge is 0.407 e. The first-order chi connectivity index (χ1) is 15.1. The van der Waals surface area contributed by atoms with E-state index < -0.39 is 29.8 Å². The van der Waals surface area contributed by atoms with Gasteiger partial charge in [-0.1, -0.05) is 55.8 Å². The molecule has 0 aromatic heterocycles. The van der Waals surface area contributed by atoms with E-state index in [1.54, 1.807) is 13.1 Å². The first kappa shape index (κ1) is 26.5. The van der Waals surface area contributed by atoms with E-state index in [0.29, 0.717) is 23.8 Å². The van der Waals surface area contributed by atoms with E-state index >= 15 is 0 Å². The molecule has 180 valence electrons. The number of halogens is 1. The molecule has 3 atom stereocenters. The number of nitrogens with one attached hydrogen (secondary N) is 2. The van der Waals surface area contributed by atoms with Crippen molar-refractivity contribution in [1.29, 1.82) is 0 Å². The number of aliphatic hydroxyl groups excluding tert-OH is 1. The van der Waals surface area contributed by atoms with Crippen molar-refractivity contribution in [3.63, 3.8) is 0 Å². The summed E-state index contributed by atoms with van der Waals surface area (Å²) in [5.74, 6) is -0.134. The highest BCUT2D eigenvalue weighted by Gasteiger charge is 2.31. The molecule has 2 rings (SSSR count). The molecule has 6 nitrogen and oxygen atoms in total. The standard InChI is InChI=1S/C25H39ClN2O4/c1-25(2,3)32-24(31)28-21(15-17-9-6-5-7-10-17)22(29)16-19(23(30)27-4)13-18-11-8-12-20(26)14-18/h8,11-12,14,17,19,21-22,29H,5-7,9-10,13,15-16H2,1-4H3,(H,27,30)(H,28,31)/t19-,21+,22+/m1/s1. The Kier molecular flexibility index (Phi) is 10.3. The van der Waals surface area contributed by atoms with Crippen LogP contribution in [0.15, 0.2) is 24.3 Å². The Morgan fingerprint density at radius 1 is 1.22 bits per heavy atom. The maximum absolute atomic E-state index is 12.6. The predicted octanol–water partition coefficient (Wildman–Crippen LogP) is 4.86. The van der Waals surface area contributed by atoms with Crippen molar-refractivity contribution in [2.45, 2.75) is 89.9 Å². The van der Waals surface area contributed by atoms with Crippen LogP contribution in [0.1, 0.15) is 71.3 Å². The zero-order chi connectivity index (χ0) is 23.7. The summed E-state index contributed by atoms with van der Waals surface area (Å²) in [6.07, 6.45) is 5.75. The second kappa shape index (κ2) is 12.4. The normalized spacial score (nSPS) is 17.8. The molecule has 32 heavy (non-hydrogen) atoms. The number of benzene rings is 1. The van der Waals surface area contributed by atoms with Gasteiger partial charge in [-0.25, -0.2) is 4.79 Å². The fourth-order valence-corrected chi connectivity index (χ4v) is 4.66. The van der Waals surface area contributed by atoms with E-state index in [-0.39, 0.29) is 12.3 Å². The Bertz CT molecular complexity index is 744. The van der Waals surface area contributed by atoms with Crippen LogP contribution in [0.4, 0.5) is 4.79 Å². The van der Waals surface area contributed by atoms with Gasteiger partial charge in [-0.15, -0.1) is 0 Å². The van der Waals surface area contributed by atoms with Gasteiger partial charge in [0.05, 0.1) is 12.1 Å². The van der Waals surface area contributed by atoms with Crippen LogP contribution >= 0.6 is 11.6 Å². The third-order valence-electron chi connectivity index (χ3n) is 5.99. The van der Waals surface area contributed by atoms with E-state index in [1.807, 2.05) is 39.0 Å². The third kappa shape index (κ3) is 9.37. The number of carbonyl (C=O) groups is 2. The monoisotopic (exact) mass is 466 g/mol. The molecular weight excluding hydrogens is 428 g/mol. The Morgan fingerprint density at radius 2 is 1.91 bits per heavy atom. The minimum Gasteiger partial charge on any atom is -0.444 e. The summed E-state index contributed by atoms with van der Waals surface area (Å²) in [5.41, 5.74) is 0.309. The number of rotatable bonds is 9. The minimum absolute atomic E-state index is 0.141. The van der Waals surface area contributed by atoms with Crippen LogP contribution in [0.5, 0.6) is 0 Å². The molecule has 1 fully saturated rings. The lowest BCUT2D eigenvalue weighted by Gasteiger charge is -2.32. The molecule has 0 heterocycles. The van der Waals surface area contributed by atoms with Gasteiger partial charge in [-0.05, 0) is 63.6 Å². The van der Waals surface area contributed by atoms with E-state index in [9.17, 15) is 14.7 Å². The van der Waals surface area contributed by atoms with Crippen molar-refractivity contribution < 1.29 is 19.4 Å². The summed E-state index contributed by atoms with van der Waals surface area (Å²) in [6, 6.07) is 6.93. The average Bonchev–Trinajstić information content (AvgIpc) is 2.71. The van der Waals surface area contributed by atoms with Gasteiger partial charge in [-0.3, -0.25) is 4.79 Å². The molecule has 0 bridgehead atoms. The molecular formula is C25H39ClN2O4. The highest BCUT2D eigenvalue weighted by molar-refractivity contribution is 6.30. The average molecular weight is 467 g/mol. The van der Waals surface area contributed by atoms with Crippen LogP contribution in [0.25, 0.3) is 0 Å². The summed E-state index contributed by atoms with van der Waals surface area (Å²) in [5, 5.41) is 17.4. The Morgan fingerprint density at radius 3 is 2.50 bits per heavy atom. The molecule has 3 N–H and O–H groups in total. The van der Waals surface area contributed by atoms with Gasteiger partial charge in [0.25, 0.3) is 0 Å². The fourth-order valence-electron chi connectivity index (χ4n) is 4.44. The van der Waals surface area contributed by atoms with E-state index in [1.165, 1.54) is 19.3 Å². The molecule has 1 saturated carbocycles. The Labute approximate surface area is 197 Å². The lowest BCUT2D eigenvalue weighted by Crippen LogP contribution is -2.48. The van der Waals surface area contributed by atoms with Crippen molar-refractivity contribution in [2.75, 3.05) is 7.05 Å². The van der Waals surface area contributed by atoms with E-state index in [2.05, 4.69) is 10.6 Å². The second-order valence-electron chi connectivity index (χ2n) is 9.94. The number of alkyl carbamates (subject to hydrolysis) is 1. The van der Waals surface area contributed by atoms with Gasteiger partial charge < -0.3 is 20.5 Å². The summed E-state index contributed by atoms with van der Waals surface area (Å²) in [4.78, 5) is 25.1. The Balaban J connectivity index is 2.13. The number of hydrogen-bond donors (Lipinski definition) is 3. The van der Waals surface area contributed by atoms with Crippen LogP contribution < -0.4 is 10.6 Å². The van der Waals surface area contributed by atoms with Crippen LogP contribution in [-0.4, -0.2) is 41.9 Å². The minimum atomic E-state index is -0.870. The quantitative estimate of drug-likeness (QED) is 0.485. The van der Waals surface area contributed by atoms with Crippen molar-refractivity contribution >= 4 is 23.6 Å². The van der Waals surface area contributed by atoms with Crippen molar-refractivity contribution in [2.24, 2.45) is 11.8 Å². The predicted molar refractivity (Wildman–Crippen MR) is 128 cm³/mol. The summed E-state index contributed by atoms with van der Waals surface area (Å²) < 4.78 is 5.43. The molecule has 7 heteroatoms. The van der Waals surface area contributed by atoms with E-state index in [0.717, 1.165) is 18.4 Å². The molecule has 0 unspecified atom stereocenters. The van der Waals surface area contributed by atoms with Gasteiger partial charge in [0.15, 0.2) is 0 Å². The SMILES string of the molecule is CNC(=O)[C@H](Cc1cccc(Cl)c1)C[C@H](O)[C@H](CC1CCCCC1)NC(=O)OC(C)(C)C. The van der Waals surface area contributed by atoms with Crippen LogP contribution in [-0.2, 0) is 16.0 Å². The largest absolute Gasteiger partial charge is 0.444 e. The molecule has 1 aliphatic carbocycles. The fraction of sp³-hybridized carbons (Fsp3) is 0.680. The van der Waals surface area contributed by atoms with Crippen LogP contribution in [0, 0.1) is 11.8 Å². The number of hydrogen-bond acceptors (Lipinski definition) is 4. The highest BCUT2D eigenvalue weighted by Crippen LogP contribution is 2.29. The molecule has 2 amide bonds. The third-order valence-corrected chi connectivity index (χ3v) is 6.23. The number of amides is 2. The number of aliphatic hydroxyl groups is 1. The van der Waals surface area contributed by atoms with Crippen molar-refractivity contribution in [1.82, 2.24) is 10.6 Å². The highest BCUT2D eigenvalue weighted by atomic mass is 35.5. The molecule has 0 spiro atoms. The lowest BCUT2D eigenvalue weighted by atomic mass is 9.82. The van der Waals surface area contributed by atoms with Gasteiger partial charge in [0.2, 0.25) is 5.91 Å². The Hall–Kier alpha value is -1.79. The summed E-state index contributed by atoms with van der Waals surface area (Å²) in [7, 11) is 1.60. The maximum Gasteiger partial charge on any atom is 0.407 e. The number of carbonyl (C=O) groups excluding carboxylic acids is 2. The van der Waals surface area contributed by atoms with Crippen LogP contribution in [0.2, 0.25) is 5.02 Å². The lowest BCUT2D eigenvalue weighted by molar-refractivity contribution is -0.125. The van der Waals surface area contributed by atoms with Gasteiger partial charge in [-0.2, -0.15) is 0 Å². The second-order valence-corrected chi connectivity index (χ2v) is 10.4. The van der Waals surface area contributed by atoms with E-state index in [4.69, 9.17) is 16.3 Å². The topological polar surface area (TPSA) is 87.7 Å². The molecule has 1 aromatic carbocycles. The summed E-state index contributed by atoms with van der Waals surface area (Å²) >= 11 is 6.11. The summed E-state index contributed by atoms with van der Waals surface area (Å²) in [6.45, 7) is 5.43. The molecule has 1 aliphatic rings. The van der Waals surface area contributed by atoms with Crippen LogP contribution in [0.3, 0.4) is 0 Å². The van der Waals surface area contributed by atoms with Gasteiger partial charge >= 0.3 is 6.09 Å². The molecule has 0 radical (unpaired) electrons. The zero-order valence-electron chi connectivity index (χ0n) is 19.8. The van der Waals surface area contributed by atoms with Gasteiger partial charge in [0, 0.05) is 18.0 Å². The number of ether oxygens (including phenoxy) is 1. The maximum atomic E-state index is 12.6.